The lowest BCUT2D eigenvalue weighted by molar-refractivity contribution is -0.385. The van der Waals surface area contributed by atoms with Crippen molar-refractivity contribution in [2.45, 2.75) is 51.6 Å². The van der Waals surface area contributed by atoms with Crippen molar-refractivity contribution in [3.63, 3.8) is 0 Å². The number of carbonyl (C=O) groups excluding carboxylic acids is 2. The van der Waals surface area contributed by atoms with Gasteiger partial charge in [-0.15, -0.1) is 0 Å². The summed E-state index contributed by atoms with van der Waals surface area (Å²) >= 11 is 0. The van der Waals surface area contributed by atoms with Crippen LogP contribution >= 0.6 is 0 Å². The fraction of sp³-hybridized carbons (Fsp3) is 0.417. The van der Waals surface area contributed by atoms with E-state index in [0.717, 1.165) is 44.2 Å². The molecule has 0 spiro atoms. The first-order valence-corrected chi connectivity index (χ1v) is 11.0. The Morgan fingerprint density at radius 1 is 1.12 bits per heavy atom. The summed E-state index contributed by atoms with van der Waals surface area (Å²) in [4.78, 5) is 34.7. The minimum Gasteiger partial charge on any atom is -0.493 e. The molecule has 170 valence electrons. The van der Waals surface area contributed by atoms with Gasteiger partial charge in [-0.05, 0) is 43.4 Å². The number of nitrogens with zero attached hydrogens (tertiary/aromatic N) is 1. The van der Waals surface area contributed by atoms with Crippen molar-refractivity contribution in [3.05, 3.63) is 69.3 Å². The average Bonchev–Trinajstić information content (AvgIpc) is 2.78. The Morgan fingerprint density at radius 3 is 2.69 bits per heavy atom. The monoisotopic (exact) mass is 439 g/mol. The van der Waals surface area contributed by atoms with Crippen LogP contribution in [0, 0.1) is 10.1 Å². The summed E-state index contributed by atoms with van der Waals surface area (Å²) in [5, 5.41) is 17.5. The number of rotatable bonds is 11. The maximum atomic E-state index is 12.3. The minimum atomic E-state index is -0.573. The summed E-state index contributed by atoms with van der Waals surface area (Å²) in [6, 6.07) is 12.5. The minimum absolute atomic E-state index is 0.00654. The van der Waals surface area contributed by atoms with Gasteiger partial charge in [-0.25, -0.2) is 0 Å². The highest BCUT2D eigenvalue weighted by molar-refractivity contribution is 6.00. The number of amides is 1. The number of benzene rings is 2. The third kappa shape index (κ3) is 6.13. The van der Waals surface area contributed by atoms with E-state index in [-0.39, 0.29) is 29.1 Å². The number of nitro groups is 1. The molecule has 0 bridgehead atoms. The van der Waals surface area contributed by atoms with E-state index in [0.29, 0.717) is 13.0 Å². The molecule has 32 heavy (non-hydrogen) atoms. The molecule has 1 unspecified atom stereocenters. The largest absolute Gasteiger partial charge is 0.493 e. The van der Waals surface area contributed by atoms with Crippen molar-refractivity contribution < 1.29 is 19.2 Å². The summed E-state index contributed by atoms with van der Waals surface area (Å²) in [7, 11) is 0. The number of unbranched alkanes of at least 4 members (excludes halogenated alkanes) is 3. The van der Waals surface area contributed by atoms with E-state index in [2.05, 4.69) is 16.7 Å². The summed E-state index contributed by atoms with van der Waals surface area (Å²) in [5.74, 6) is -0.127. The number of hydrogen-bond donors (Lipinski definition) is 2. The van der Waals surface area contributed by atoms with Gasteiger partial charge in [0.1, 0.15) is 17.5 Å². The van der Waals surface area contributed by atoms with Crippen molar-refractivity contribution in [1.29, 1.82) is 0 Å². The summed E-state index contributed by atoms with van der Waals surface area (Å²) in [5.41, 5.74) is 2.17. The summed E-state index contributed by atoms with van der Waals surface area (Å²) < 4.78 is 5.64. The topological polar surface area (TPSA) is 111 Å². The highest BCUT2D eigenvalue weighted by Crippen LogP contribution is 2.29. The smallest absolute Gasteiger partial charge is 0.283 e. The number of fused-ring (bicyclic) bond motifs is 1. The molecule has 3 rings (SSSR count). The summed E-state index contributed by atoms with van der Waals surface area (Å²) in [6.07, 6.45) is 4.54. The van der Waals surface area contributed by atoms with E-state index < -0.39 is 10.7 Å². The Kier molecular flexibility index (Phi) is 8.33. The lowest BCUT2D eigenvalue weighted by Gasteiger charge is -2.27. The Hall–Kier alpha value is -3.26. The van der Waals surface area contributed by atoms with Gasteiger partial charge < -0.3 is 10.1 Å². The fourth-order valence-electron chi connectivity index (χ4n) is 3.94. The van der Waals surface area contributed by atoms with Gasteiger partial charge in [-0.3, -0.25) is 25.0 Å². The normalized spacial score (nSPS) is 15.0. The van der Waals surface area contributed by atoms with Crippen molar-refractivity contribution >= 4 is 17.4 Å². The molecule has 0 radical (unpaired) electrons. The third-order valence-electron chi connectivity index (χ3n) is 5.52. The highest BCUT2D eigenvalue weighted by atomic mass is 16.6. The molecule has 2 aromatic carbocycles. The highest BCUT2D eigenvalue weighted by Gasteiger charge is 2.22. The second-order valence-corrected chi connectivity index (χ2v) is 7.88. The van der Waals surface area contributed by atoms with Gasteiger partial charge in [-0.2, -0.15) is 0 Å². The lowest BCUT2D eigenvalue weighted by atomic mass is 9.98. The molecule has 1 heterocycles. The van der Waals surface area contributed by atoms with Crippen molar-refractivity contribution in [2.24, 2.45) is 0 Å². The zero-order valence-corrected chi connectivity index (χ0v) is 18.3. The Morgan fingerprint density at radius 2 is 1.91 bits per heavy atom. The number of nitro benzene ring substituents is 1. The third-order valence-corrected chi connectivity index (χ3v) is 5.52. The molecule has 8 nitrogen and oxygen atoms in total. The molecule has 8 heteroatoms. The van der Waals surface area contributed by atoms with Gasteiger partial charge in [0.25, 0.3) is 5.69 Å². The van der Waals surface area contributed by atoms with Crippen molar-refractivity contribution in [1.82, 2.24) is 10.6 Å². The van der Waals surface area contributed by atoms with E-state index in [1.165, 1.54) is 24.6 Å². The zero-order valence-electron chi connectivity index (χ0n) is 18.3. The van der Waals surface area contributed by atoms with Crippen molar-refractivity contribution in [3.8, 4) is 5.75 Å². The van der Waals surface area contributed by atoms with Gasteiger partial charge in [0.05, 0.1) is 11.5 Å². The quantitative estimate of drug-likeness (QED) is 0.236. The van der Waals surface area contributed by atoms with E-state index in [1.54, 1.807) is 6.07 Å². The average molecular weight is 440 g/mol. The first-order valence-electron chi connectivity index (χ1n) is 11.0. The molecule has 1 atom stereocenters. The number of ketones is 1. The summed E-state index contributed by atoms with van der Waals surface area (Å²) in [6.45, 7) is 2.50. The molecule has 0 aliphatic carbocycles. The Labute approximate surface area is 187 Å². The van der Waals surface area contributed by atoms with Crippen LogP contribution < -0.4 is 15.4 Å². The molecular formula is C24H29N3O5. The predicted molar refractivity (Wildman–Crippen MR) is 121 cm³/mol. The molecule has 0 aromatic heterocycles. The maximum absolute atomic E-state index is 12.3. The molecule has 1 amide bonds. The van der Waals surface area contributed by atoms with Crippen LogP contribution in [0.2, 0.25) is 0 Å². The Bertz CT molecular complexity index is 976. The standard InChI is InChI=1S/C24H29N3O5/c1-17(28)23-20(27(30)31)11-8-12-21(23)32-16-7-3-2-4-13-22(29)26-24-19-10-6-5-9-18(19)14-15-25-24/h5-6,8-12,24-25H,2-4,7,13-16H2,1H3,(H,26,29). The van der Waals surface area contributed by atoms with Gasteiger partial charge >= 0.3 is 0 Å². The molecule has 2 N–H and O–H groups in total. The van der Waals surface area contributed by atoms with Crippen LogP contribution in [-0.4, -0.2) is 29.8 Å². The second kappa shape index (κ2) is 11.4. The van der Waals surface area contributed by atoms with Crippen LogP contribution in [0.15, 0.2) is 42.5 Å². The number of carbonyl (C=O) groups is 2. The first-order chi connectivity index (χ1) is 15.5. The van der Waals surface area contributed by atoms with Crippen LogP contribution in [-0.2, 0) is 11.2 Å². The van der Waals surface area contributed by atoms with Gasteiger partial charge in [0.2, 0.25) is 5.91 Å². The van der Waals surface area contributed by atoms with Crippen molar-refractivity contribution in [2.75, 3.05) is 13.2 Å². The van der Waals surface area contributed by atoms with E-state index in [1.807, 2.05) is 18.2 Å². The zero-order chi connectivity index (χ0) is 22.9. The van der Waals surface area contributed by atoms with Gasteiger partial charge in [0, 0.05) is 19.0 Å². The molecule has 1 aliphatic heterocycles. The first kappa shape index (κ1) is 23.4. The van der Waals surface area contributed by atoms with Crippen LogP contribution in [0.25, 0.3) is 0 Å². The number of hydrogen-bond acceptors (Lipinski definition) is 6. The predicted octanol–water partition coefficient (Wildman–Crippen LogP) is 4.09. The molecule has 0 fully saturated rings. The number of ether oxygens (including phenoxy) is 1. The van der Waals surface area contributed by atoms with E-state index in [9.17, 15) is 19.7 Å². The molecule has 0 saturated heterocycles. The molecule has 0 saturated carbocycles. The SMILES string of the molecule is CC(=O)c1c(OCCCCCCC(=O)NC2NCCc3ccccc32)cccc1[N+](=O)[O-]. The van der Waals surface area contributed by atoms with E-state index >= 15 is 0 Å². The van der Waals surface area contributed by atoms with Gasteiger partial charge in [-0.1, -0.05) is 43.2 Å². The van der Waals surface area contributed by atoms with Crippen LogP contribution in [0.5, 0.6) is 5.75 Å². The number of nitrogens with one attached hydrogen (secondary N) is 2. The van der Waals surface area contributed by atoms with Crippen LogP contribution in [0.4, 0.5) is 5.69 Å². The molecule has 1 aliphatic rings. The van der Waals surface area contributed by atoms with E-state index in [4.69, 9.17) is 4.74 Å². The molecular weight excluding hydrogens is 410 g/mol. The number of Topliss-reactive ketones (excluding diaryl/α,β-unsaturated/α-hetero) is 1. The Balaban J connectivity index is 1.36. The lowest BCUT2D eigenvalue weighted by Crippen LogP contribution is -2.42. The van der Waals surface area contributed by atoms with Crippen LogP contribution in [0.3, 0.4) is 0 Å². The molecule has 2 aromatic rings. The maximum Gasteiger partial charge on any atom is 0.283 e. The second-order valence-electron chi connectivity index (χ2n) is 7.88. The fourth-order valence-corrected chi connectivity index (χ4v) is 3.94. The van der Waals surface area contributed by atoms with Gasteiger partial charge in [0.15, 0.2) is 5.78 Å². The van der Waals surface area contributed by atoms with Crippen LogP contribution in [0.1, 0.15) is 66.7 Å².